The molecule has 21 heavy (non-hydrogen) atoms. The Bertz CT molecular complexity index is 716. The van der Waals surface area contributed by atoms with Gasteiger partial charge in [0.2, 0.25) is 0 Å². The minimum Gasteiger partial charge on any atom is -0.384 e. The Balaban J connectivity index is 1.94. The Kier molecular flexibility index (Phi) is 2.44. The summed E-state index contributed by atoms with van der Waals surface area (Å²) in [6.07, 6.45) is 5.34. The highest BCUT2D eigenvalue weighted by Gasteiger charge is 2.68. The Morgan fingerprint density at radius 1 is 1.19 bits per heavy atom. The smallest absolute Gasteiger partial charge is 0.100 e. The van der Waals surface area contributed by atoms with Crippen molar-refractivity contribution in [2.75, 3.05) is 0 Å². The maximum Gasteiger partial charge on any atom is 0.100 e. The van der Waals surface area contributed by atoms with Crippen LogP contribution in [0.1, 0.15) is 45.6 Å². The van der Waals surface area contributed by atoms with Crippen molar-refractivity contribution in [2.24, 2.45) is 16.7 Å². The highest BCUT2D eigenvalue weighted by Crippen LogP contribution is 2.71. The predicted octanol–water partition coefficient (Wildman–Crippen LogP) is 4.27. The number of benzene rings is 1. The van der Waals surface area contributed by atoms with Gasteiger partial charge in [-0.2, -0.15) is 0 Å². The molecule has 2 nitrogen and oxygen atoms in total. The van der Waals surface area contributed by atoms with Gasteiger partial charge in [0.05, 0.1) is 5.52 Å². The molecular weight excluding hydrogens is 258 g/mol. The zero-order valence-electron chi connectivity index (χ0n) is 13.1. The number of hydrogen-bond donors (Lipinski definition) is 1. The van der Waals surface area contributed by atoms with Gasteiger partial charge >= 0.3 is 0 Å². The fourth-order valence-corrected chi connectivity index (χ4v) is 5.28. The minimum absolute atomic E-state index is 0.00292. The molecule has 1 heterocycles. The molecule has 2 fully saturated rings. The molecule has 0 saturated heterocycles. The summed E-state index contributed by atoms with van der Waals surface area (Å²) in [4.78, 5) is 4.39. The monoisotopic (exact) mass is 281 g/mol. The lowest BCUT2D eigenvalue weighted by atomic mass is 9.57. The van der Waals surface area contributed by atoms with Crippen LogP contribution < -0.4 is 0 Å². The molecule has 2 heteroatoms. The molecule has 2 aliphatic carbocycles. The van der Waals surface area contributed by atoms with E-state index in [0.717, 1.165) is 29.3 Å². The van der Waals surface area contributed by atoms with Gasteiger partial charge in [-0.05, 0) is 48.9 Å². The maximum absolute atomic E-state index is 11.8. The number of nitrogens with zero attached hydrogens (tertiary/aromatic N) is 1. The Hall–Kier alpha value is -1.41. The summed E-state index contributed by atoms with van der Waals surface area (Å²) < 4.78 is 0. The van der Waals surface area contributed by atoms with E-state index >= 15 is 0 Å². The number of fused-ring (bicyclic) bond motifs is 3. The lowest BCUT2D eigenvalue weighted by molar-refractivity contribution is -0.150. The molecule has 0 radical (unpaired) electrons. The lowest BCUT2D eigenvalue weighted by Crippen LogP contribution is -2.51. The zero-order valence-corrected chi connectivity index (χ0v) is 13.1. The number of aliphatic hydroxyl groups is 1. The first-order valence-corrected chi connectivity index (χ1v) is 7.96. The first kappa shape index (κ1) is 13.3. The second kappa shape index (κ2) is 3.86. The molecule has 2 aliphatic rings. The summed E-state index contributed by atoms with van der Waals surface area (Å²) in [5, 5.41) is 12.9. The van der Waals surface area contributed by atoms with Crippen LogP contribution in [0.5, 0.6) is 0 Å². The Morgan fingerprint density at radius 2 is 2.00 bits per heavy atom. The van der Waals surface area contributed by atoms with Gasteiger partial charge in [-0.25, -0.2) is 0 Å². The summed E-state index contributed by atoms with van der Waals surface area (Å²) in [6, 6.07) is 10.3. The first-order chi connectivity index (χ1) is 9.88. The lowest BCUT2D eigenvalue weighted by Gasteiger charge is -2.51. The molecule has 3 atom stereocenters. The highest BCUT2D eigenvalue weighted by molar-refractivity contribution is 5.79. The third kappa shape index (κ3) is 1.44. The fraction of sp³-hybridized carbons (Fsp3) is 0.526. The van der Waals surface area contributed by atoms with E-state index < -0.39 is 5.60 Å². The zero-order chi connectivity index (χ0) is 14.9. The summed E-state index contributed by atoms with van der Waals surface area (Å²) >= 11 is 0. The molecule has 2 bridgehead atoms. The largest absolute Gasteiger partial charge is 0.384 e. The van der Waals surface area contributed by atoms with E-state index in [2.05, 4.69) is 44.0 Å². The van der Waals surface area contributed by atoms with Crippen LogP contribution in [0.4, 0.5) is 0 Å². The number of pyridine rings is 1. The van der Waals surface area contributed by atoms with Crippen LogP contribution in [-0.4, -0.2) is 10.1 Å². The SMILES string of the molecule is CC12CCC(C1)C(C)(C)C2(O)c1ccc2ncccc2c1. The van der Waals surface area contributed by atoms with Gasteiger partial charge in [-0.3, -0.25) is 4.98 Å². The molecule has 1 N–H and O–H groups in total. The molecule has 1 aromatic carbocycles. The number of aromatic nitrogens is 1. The van der Waals surface area contributed by atoms with Crippen molar-refractivity contribution in [3.63, 3.8) is 0 Å². The van der Waals surface area contributed by atoms with Crippen LogP contribution in [-0.2, 0) is 5.60 Å². The van der Waals surface area contributed by atoms with Gasteiger partial charge in [0, 0.05) is 22.4 Å². The summed E-state index contributed by atoms with van der Waals surface area (Å²) in [5.41, 5.74) is 1.24. The van der Waals surface area contributed by atoms with Crippen molar-refractivity contribution < 1.29 is 5.11 Å². The predicted molar refractivity (Wildman–Crippen MR) is 84.9 cm³/mol. The second-order valence-electron chi connectivity index (χ2n) is 7.84. The van der Waals surface area contributed by atoms with Gasteiger partial charge < -0.3 is 5.11 Å². The standard InChI is InChI=1S/C19H23NO/c1-17(2)15-8-9-18(3,12-15)19(17,21)14-6-7-16-13(11-14)5-4-10-20-16/h4-7,10-11,15,21H,8-9,12H2,1-3H3. The van der Waals surface area contributed by atoms with Gasteiger partial charge in [-0.15, -0.1) is 0 Å². The van der Waals surface area contributed by atoms with Crippen molar-refractivity contribution in [1.29, 1.82) is 0 Å². The minimum atomic E-state index is -0.743. The maximum atomic E-state index is 11.8. The normalized spacial score (nSPS) is 37.2. The molecule has 1 aromatic heterocycles. The van der Waals surface area contributed by atoms with Gasteiger partial charge in [-0.1, -0.05) is 32.9 Å². The number of rotatable bonds is 1. The molecule has 4 rings (SSSR count). The first-order valence-electron chi connectivity index (χ1n) is 7.96. The highest BCUT2D eigenvalue weighted by atomic mass is 16.3. The van der Waals surface area contributed by atoms with Crippen LogP contribution in [0.3, 0.4) is 0 Å². The van der Waals surface area contributed by atoms with E-state index in [-0.39, 0.29) is 10.8 Å². The van der Waals surface area contributed by atoms with Crippen molar-refractivity contribution >= 4 is 10.9 Å². The van der Waals surface area contributed by atoms with Crippen LogP contribution in [0.25, 0.3) is 10.9 Å². The molecule has 0 spiro atoms. The second-order valence-corrected chi connectivity index (χ2v) is 7.84. The van der Waals surface area contributed by atoms with Crippen LogP contribution in [0, 0.1) is 16.7 Å². The quantitative estimate of drug-likeness (QED) is 0.847. The van der Waals surface area contributed by atoms with E-state index in [9.17, 15) is 5.11 Å². The third-order valence-electron chi connectivity index (χ3n) is 6.59. The van der Waals surface area contributed by atoms with Crippen molar-refractivity contribution in [2.45, 2.75) is 45.6 Å². The van der Waals surface area contributed by atoms with E-state index in [1.165, 1.54) is 6.42 Å². The molecule has 3 unspecified atom stereocenters. The van der Waals surface area contributed by atoms with Crippen molar-refractivity contribution in [1.82, 2.24) is 4.98 Å². The third-order valence-corrected chi connectivity index (χ3v) is 6.59. The molecular formula is C19H23NO. The van der Waals surface area contributed by atoms with E-state index in [1.807, 2.05) is 18.3 Å². The van der Waals surface area contributed by atoms with Crippen molar-refractivity contribution in [3.8, 4) is 0 Å². The molecule has 2 aromatic rings. The Morgan fingerprint density at radius 3 is 2.71 bits per heavy atom. The van der Waals surface area contributed by atoms with Crippen LogP contribution >= 0.6 is 0 Å². The van der Waals surface area contributed by atoms with Gasteiger partial charge in [0.15, 0.2) is 0 Å². The van der Waals surface area contributed by atoms with Crippen LogP contribution in [0.2, 0.25) is 0 Å². The van der Waals surface area contributed by atoms with E-state index in [1.54, 1.807) is 0 Å². The van der Waals surface area contributed by atoms with E-state index in [4.69, 9.17) is 0 Å². The van der Waals surface area contributed by atoms with Crippen molar-refractivity contribution in [3.05, 3.63) is 42.1 Å². The molecule has 0 amide bonds. The molecule has 2 saturated carbocycles. The summed E-state index contributed by atoms with van der Waals surface area (Å²) in [7, 11) is 0. The van der Waals surface area contributed by atoms with Crippen LogP contribution in [0.15, 0.2) is 36.5 Å². The average Bonchev–Trinajstić information content (AvgIpc) is 2.95. The molecule has 0 aliphatic heterocycles. The summed E-state index contributed by atoms with van der Waals surface area (Å²) in [6.45, 7) is 6.76. The van der Waals surface area contributed by atoms with Gasteiger partial charge in [0.1, 0.15) is 5.60 Å². The van der Waals surface area contributed by atoms with Gasteiger partial charge in [0.25, 0.3) is 0 Å². The number of hydrogen-bond acceptors (Lipinski definition) is 2. The summed E-state index contributed by atoms with van der Waals surface area (Å²) in [5.74, 6) is 0.622. The Labute approximate surface area is 126 Å². The van der Waals surface area contributed by atoms with E-state index in [0.29, 0.717) is 5.92 Å². The molecule has 110 valence electrons. The average molecular weight is 281 g/mol. The fourth-order valence-electron chi connectivity index (χ4n) is 5.28. The topological polar surface area (TPSA) is 33.1 Å².